The van der Waals surface area contributed by atoms with Gasteiger partial charge in [-0.05, 0) is 60.4 Å². The van der Waals surface area contributed by atoms with E-state index in [1.807, 2.05) is 18.2 Å². The minimum Gasteiger partial charge on any atom is -0.507 e. The molecule has 0 amide bonds. The fourth-order valence-corrected chi connectivity index (χ4v) is 3.20. The van der Waals surface area contributed by atoms with Gasteiger partial charge in [0.05, 0.1) is 10.6 Å². The van der Waals surface area contributed by atoms with Crippen molar-refractivity contribution in [3.8, 4) is 17.2 Å². The summed E-state index contributed by atoms with van der Waals surface area (Å²) < 4.78 is 5.90. The van der Waals surface area contributed by atoms with Gasteiger partial charge in [-0.25, -0.2) is 4.98 Å². The molecule has 0 aliphatic heterocycles. The first-order valence-corrected chi connectivity index (χ1v) is 9.97. The highest BCUT2D eigenvalue weighted by molar-refractivity contribution is 5.86. The van der Waals surface area contributed by atoms with Crippen molar-refractivity contribution >= 4 is 28.7 Å². The Bertz CT molecular complexity index is 1280. The van der Waals surface area contributed by atoms with E-state index in [1.54, 1.807) is 12.1 Å². The highest BCUT2D eigenvalue weighted by atomic mass is 16.6. The molecule has 0 unspecified atom stereocenters. The summed E-state index contributed by atoms with van der Waals surface area (Å²) in [7, 11) is 0. The molecule has 156 valence electrons. The number of aromatic hydroxyl groups is 1. The van der Waals surface area contributed by atoms with Gasteiger partial charge in [-0.15, -0.1) is 0 Å². The van der Waals surface area contributed by atoms with E-state index in [4.69, 9.17) is 4.42 Å². The van der Waals surface area contributed by atoms with Gasteiger partial charge >= 0.3 is 0 Å². The topological polar surface area (TPSA) is 102 Å². The molecule has 0 saturated heterocycles. The number of fused-ring (bicyclic) bond motifs is 1. The maximum Gasteiger partial charge on any atom is 0.270 e. The smallest absolute Gasteiger partial charge is 0.270 e. The molecule has 4 rings (SSSR count). The van der Waals surface area contributed by atoms with E-state index in [0.29, 0.717) is 17.5 Å². The van der Waals surface area contributed by atoms with Gasteiger partial charge in [0.15, 0.2) is 5.58 Å². The molecule has 0 fully saturated rings. The Morgan fingerprint density at radius 2 is 1.94 bits per heavy atom. The van der Waals surface area contributed by atoms with Crippen LogP contribution in [0.15, 0.2) is 70.1 Å². The van der Waals surface area contributed by atoms with Crippen molar-refractivity contribution in [3.05, 3.63) is 81.9 Å². The van der Waals surface area contributed by atoms with E-state index in [-0.39, 0.29) is 17.0 Å². The predicted octanol–water partition coefficient (Wildman–Crippen LogP) is 6.37. The summed E-state index contributed by atoms with van der Waals surface area (Å²) in [5.74, 6) is 0.921. The maximum atomic E-state index is 10.9. The fraction of sp³-hybridized carbons (Fsp3) is 0.167. The minimum absolute atomic E-state index is 0.0748. The van der Waals surface area contributed by atoms with E-state index in [9.17, 15) is 15.2 Å². The molecule has 1 aromatic heterocycles. The average Bonchev–Trinajstić information content (AvgIpc) is 3.21. The first-order chi connectivity index (χ1) is 14.9. The van der Waals surface area contributed by atoms with Crippen LogP contribution in [0.3, 0.4) is 0 Å². The van der Waals surface area contributed by atoms with Gasteiger partial charge in [0, 0.05) is 29.5 Å². The van der Waals surface area contributed by atoms with Crippen LogP contribution in [0.2, 0.25) is 0 Å². The molecule has 0 bridgehead atoms. The molecule has 0 spiro atoms. The number of phenols is 1. The van der Waals surface area contributed by atoms with Crippen molar-refractivity contribution in [3.63, 3.8) is 0 Å². The molecular formula is C24H21N3O4. The van der Waals surface area contributed by atoms with Crippen LogP contribution in [0.4, 0.5) is 11.4 Å². The number of nitro benzene ring substituents is 1. The van der Waals surface area contributed by atoms with Gasteiger partial charge in [0.2, 0.25) is 5.89 Å². The molecule has 0 saturated carbocycles. The Labute approximate surface area is 178 Å². The lowest BCUT2D eigenvalue weighted by atomic mass is 9.98. The number of aliphatic imine (C=N–C) groups is 1. The number of nitrogens with zero attached hydrogens (tertiary/aromatic N) is 3. The molecule has 7 heteroatoms. The molecule has 4 aromatic rings. The molecule has 0 radical (unpaired) electrons. The Morgan fingerprint density at radius 3 is 2.65 bits per heavy atom. The summed E-state index contributed by atoms with van der Waals surface area (Å²) in [5.41, 5.74) is 4.42. The molecular weight excluding hydrogens is 394 g/mol. The summed E-state index contributed by atoms with van der Waals surface area (Å²) in [5, 5.41) is 20.8. The molecule has 0 aliphatic carbocycles. The van der Waals surface area contributed by atoms with Gasteiger partial charge in [-0.3, -0.25) is 15.1 Å². The molecule has 1 N–H and O–H groups in total. The largest absolute Gasteiger partial charge is 0.507 e. The highest BCUT2D eigenvalue weighted by Gasteiger charge is 2.11. The summed E-state index contributed by atoms with van der Waals surface area (Å²) in [6, 6.07) is 17.2. The molecule has 31 heavy (non-hydrogen) atoms. The van der Waals surface area contributed by atoms with E-state index in [0.717, 1.165) is 23.1 Å². The van der Waals surface area contributed by atoms with E-state index < -0.39 is 4.92 Å². The van der Waals surface area contributed by atoms with Crippen molar-refractivity contribution in [1.29, 1.82) is 0 Å². The Balaban J connectivity index is 1.56. The van der Waals surface area contributed by atoms with Crippen LogP contribution in [-0.2, 0) is 0 Å². The standard InChI is InChI=1S/C24H21N3O4/c1-3-15(2)17-6-11-23-21(13-17)26-24(31-23)16-4-7-19(8-5-16)25-14-18-12-20(27(29)30)9-10-22(18)28/h4-15,28H,3H2,1-2H3/t15-/m0/s1. The Hall–Kier alpha value is -4.00. The lowest BCUT2D eigenvalue weighted by Crippen LogP contribution is -1.90. The quantitative estimate of drug-likeness (QED) is 0.224. The third-order valence-electron chi connectivity index (χ3n) is 5.28. The van der Waals surface area contributed by atoms with E-state index in [2.05, 4.69) is 36.0 Å². The van der Waals surface area contributed by atoms with Crippen molar-refractivity contribution < 1.29 is 14.4 Å². The summed E-state index contributed by atoms with van der Waals surface area (Å²) in [6.07, 6.45) is 2.46. The number of benzene rings is 3. The lowest BCUT2D eigenvalue weighted by molar-refractivity contribution is -0.384. The second-order valence-corrected chi connectivity index (χ2v) is 7.36. The molecule has 1 atom stereocenters. The van der Waals surface area contributed by atoms with E-state index in [1.165, 1.54) is 30.0 Å². The molecule has 7 nitrogen and oxygen atoms in total. The van der Waals surface area contributed by atoms with Crippen LogP contribution >= 0.6 is 0 Å². The number of hydrogen-bond donors (Lipinski definition) is 1. The van der Waals surface area contributed by atoms with Crippen LogP contribution in [0.1, 0.15) is 37.3 Å². The molecule has 0 aliphatic rings. The number of phenolic OH excluding ortho intramolecular Hbond substituents is 1. The number of hydrogen-bond acceptors (Lipinski definition) is 6. The van der Waals surface area contributed by atoms with Gasteiger partial charge in [0.25, 0.3) is 5.69 Å². The highest BCUT2D eigenvalue weighted by Crippen LogP contribution is 2.29. The van der Waals surface area contributed by atoms with Crippen LogP contribution in [0.5, 0.6) is 5.75 Å². The normalized spacial score (nSPS) is 12.5. The van der Waals surface area contributed by atoms with Crippen molar-refractivity contribution in [1.82, 2.24) is 4.98 Å². The number of rotatable bonds is 6. The number of oxazole rings is 1. The average molecular weight is 415 g/mol. The van der Waals surface area contributed by atoms with Gasteiger partial charge in [-0.2, -0.15) is 0 Å². The Kier molecular flexibility index (Phi) is 5.49. The minimum atomic E-state index is -0.516. The number of non-ortho nitro benzene ring substituents is 1. The summed E-state index contributed by atoms with van der Waals surface area (Å²) in [6.45, 7) is 4.35. The van der Waals surface area contributed by atoms with Crippen molar-refractivity contribution in [2.24, 2.45) is 4.99 Å². The lowest BCUT2D eigenvalue weighted by Gasteiger charge is -2.07. The number of aromatic nitrogens is 1. The maximum absolute atomic E-state index is 10.9. The zero-order valence-electron chi connectivity index (χ0n) is 17.1. The van der Waals surface area contributed by atoms with Crippen LogP contribution in [0, 0.1) is 10.1 Å². The van der Waals surface area contributed by atoms with Crippen LogP contribution < -0.4 is 0 Å². The monoisotopic (exact) mass is 415 g/mol. The first kappa shape index (κ1) is 20.3. The van der Waals surface area contributed by atoms with Gasteiger partial charge in [-0.1, -0.05) is 19.9 Å². The third-order valence-corrected chi connectivity index (χ3v) is 5.28. The summed E-state index contributed by atoms with van der Waals surface area (Å²) >= 11 is 0. The fourth-order valence-electron chi connectivity index (χ4n) is 3.20. The van der Waals surface area contributed by atoms with Crippen LogP contribution in [0.25, 0.3) is 22.6 Å². The molecule has 3 aromatic carbocycles. The van der Waals surface area contributed by atoms with Crippen LogP contribution in [-0.4, -0.2) is 21.2 Å². The summed E-state index contributed by atoms with van der Waals surface area (Å²) in [4.78, 5) is 19.3. The third kappa shape index (κ3) is 4.30. The predicted molar refractivity (Wildman–Crippen MR) is 120 cm³/mol. The van der Waals surface area contributed by atoms with Gasteiger partial charge < -0.3 is 9.52 Å². The SMILES string of the molecule is CC[C@H](C)c1ccc2oc(-c3ccc(N=Cc4cc([N+](=O)[O-])ccc4O)cc3)nc2c1. The van der Waals surface area contributed by atoms with E-state index >= 15 is 0 Å². The van der Waals surface area contributed by atoms with Gasteiger partial charge in [0.1, 0.15) is 11.3 Å². The zero-order chi connectivity index (χ0) is 22.0. The Morgan fingerprint density at radius 1 is 1.16 bits per heavy atom. The number of nitro groups is 1. The second kappa shape index (κ2) is 8.39. The first-order valence-electron chi connectivity index (χ1n) is 9.97. The zero-order valence-corrected chi connectivity index (χ0v) is 17.1. The second-order valence-electron chi connectivity index (χ2n) is 7.36. The van der Waals surface area contributed by atoms with Crippen molar-refractivity contribution in [2.45, 2.75) is 26.2 Å². The molecule has 1 heterocycles. The van der Waals surface area contributed by atoms with Crippen molar-refractivity contribution in [2.75, 3.05) is 0 Å².